The Bertz CT molecular complexity index is 520. The molecule has 2 N–H and O–H groups in total. The molecule has 0 bridgehead atoms. The van der Waals surface area contributed by atoms with E-state index in [-0.39, 0.29) is 0 Å². The van der Waals surface area contributed by atoms with E-state index >= 15 is 0 Å². The van der Waals surface area contributed by atoms with Gasteiger partial charge in [0.2, 0.25) is 0 Å². The highest BCUT2D eigenvalue weighted by Gasteiger charge is 2.12. The summed E-state index contributed by atoms with van der Waals surface area (Å²) < 4.78 is 5.28. The Morgan fingerprint density at radius 1 is 1.08 bits per heavy atom. The molecule has 0 aliphatic carbocycles. The molecule has 0 saturated heterocycles. The Morgan fingerprint density at radius 2 is 1.73 bits per heavy atom. The van der Waals surface area contributed by atoms with Crippen molar-refractivity contribution >= 4 is 5.96 Å². The van der Waals surface area contributed by atoms with Crippen molar-refractivity contribution in [1.82, 2.24) is 15.5 Å². The number of nitrogens with zero attached hydrogens (tertiary/aromatic N) is 2. The number of hydrogen-bond donors (Lipinski definition) is 2. The highest BCUT2D eigenvalue weighted by atomic mass is 16.5. The molecule has 5 nitrogen and oxygen atoms in total. The molecule has 0 aromatic heterocycles. The maximum absolute atomic E-state index is 5.28. The van der Waals surface area contributed by atoms with Gasteiger partial charge in [0.25, 0.3) is 0 Å². The van der Waals surface area contributed by atoms with E-state index in [9.17, 15) is 0 Å². The first kappa shape index (κ1) is 22.5. The lowest BCUT2D eigenvalue weighted by Gasteiger charge is -2.30. The van der Waals surface area contributed by atoms with E-state index in [1.807, 2.05) is 6.07 Å². The molecule has 5 heteroatoms. The van der Waals surface area contributed by atoms with Crippen LogP contribution in [0, 0.1) is 0 Å². The lowest BCUT2D eigenvalue weighted by atomic mass is 10.1. The standard InChI is InChI=1S/C21H38N4O/c1-7-22-21(23-13-10-14-25(17(2)3)18(4)5)24-15-19-11-8-9-12-20(19)16-26-6/h8-9,11-12,17-18H,7,10,13-16H2,1-6H3,(H2,22,23,24). The SMILES string of the molecule is CCNC(=NCc1ccccc1COC)NCCCN(C(C)C)C(C)C. The third-order valence-corrected chi connectivity index (χ3v) is 4.38. The third kappa shape index (κ3) is 8.19. The van der Waals surface area contributed by atoms with Gasteiger partial charge in [-0.1, -0.05) is 24.3 Å². The van der Waals surface area contributed by atoms with Crippen molar-refractivity contribution in [1.29, 1.82) is 0 Å². The van der Waals surface area contributed by atoms with Crippen LogP contribution in [0.4, 0.5) is 0 Å². The zero-order valence-electron chi connectivity index (χ0n) is 17.5. The average molecular weight is 363 g/mol. The van der Waals surface area contributed by atoms with Crippen LogP contribution in [-0.4, -0.2) is 49.7 Å². The number of rotatable bonds is 11. The number of benzene rings is 1. The molecule has 0 spiro atoms. The van der Waals surface area contributed by atoms with Crippen LogP contribution in [-0.2, 0) is 17.9 Å². The van der Waals surface area contributed by atoms with E-state index in [1.165, 1.54) is 11.1 Å². The summed E-state index contributed by atoms with van der Waals surface area (Å²) in [6.07, 6.45) is 1.10. The van der Waals surface area contributed by atoms with E-state index in [0.717, 1.165) is 32.0 Å². The van der Waals surface area contributed by atoms with Crippen LogP contribution in [0.2, 0.25) is 0 Å². The van der Waals surface area contributed by atoms with Crippen LogP contribution in [0.15, 0.2) is 29.3 Å². The minimum absolute atomic E-state index is 0.578. The summed E-state index contributed by atoms with van der Waals surface area (Å²) in [6.45, 7) is 15.3. The second kappa shape index (κ2) is 12.7. The molecule has 0 atom stereocenters. The summed E-state index contributed by atoms with van der Waals surface area (Å²) in [7, 11) is 1.73. The highest BCUT2D eigenvalue weighted by molar-refractivity contribution is 5.79. The van der Waals surface area contributed by atoms with Crippen LogP contribution in [0.5, 0.6) is 0 Å². The lowest BCUT2D eigenvalue weighted by molar-refractivity contribution is 0.173. The zero-order valence-corrected chi connectivity index (χ0v) is 17.5. The molecule has 0 fully saturated rings. The number of guanidine groups is 1. The Kier molecular flexibility index (Phi) is 11.0. The first-order valence-electron chi connectivity index (χ1n) is 9.83. The van der Waals surface area contributed by atoms with Gasteiger partial charge in [-0.3, -0.25) is 4.90 Å². The second-order valence-corrected chi connectivity index (χ2v) is 7.10. The molecular weight excluding hydrogens is 324 g/mol. The molecule has 1 aromatic carbocycles. The highest BCUT2D eigenvalue weighted by Crippen LogP contribution is 2.11. The van der Waals surface area contributed by atoms with Crippen LogP contribution in [0.3, 0.4) is 0 Å². The lowest BCUT2D eigenvalue weighted by Crippen LogP contribution is -2.41. The van der Waals surface area contributed by atoms with Gasteiger partial charge in [0.05, 0.1) is 13.2 Å². The van der Waals surface area contributed by atoms with Crippen molar-refractivity contribution < 1.29 is 4.74 Å². The van der Waals surface area contributed by atoms with Crippen LogP contribution in [0.1, 0.15) is 52.2 Å². The van der Waals surface area contributed by atoms with E-state index < -0.39 is 0 Å². The molecule has 0 saturated carbocycles. The largest absolute Gasteiger partial charge is 0.380 e. The Morgan fingerprint density at radius 3 is 2.31 bits per heavy atom. The van der Waals surface area contributed by atoms with E-state index in [1.54, 1.807) is 7.11 Å². The first-order valence-corrected chi connectivity index (χ1v) is 9.83. The van der Waals surface area contributed by atoms with Crippen molar-refractivity contribution in [3.63, 3.8) is 0 Å². The second-order valence-electron chi connectivity index (χ2n) is 7.10. The molecule has 1 rings (SSSR count). The maximum atomic E-state index is 5.28. The molecular formula is C21H38N4O. The van der Waals surface area contributed by atoms with Crippen LogP contribution >= 0.6 is 0 Å². The fraction of sp³-hybridized carbons (Fsp3) is 0.667. The number of hydrogen-bond acceptors (Lipinski definition) is 3. The van der Waals surface area contributed by atoms with Crippen molar-refractivity contribution in [2.75, 3.05) is 26.7 Å². The quantitative estimate of drug-likeness (QED) is 0.360. The number of nitrogens with one attached hydrogen (secondary N) is 2. The van der Waals surface area contributed by atoms with Gasteiger partial charge in [-0.2, -0.15) is 0 Å². The molecule has 0 amide bonds. The Hall–Kier alpha value is -1.59. The van der Waals surface area contributed by atoms with Crippen molar-refractivity contribution in [2.24, 2.45) is 4.99 Å². The minimum atomic E-state index is 0.578. The van der Waals surface area contributed by atoms with Crippen molar-refractivity contribution in [3.8, 4) is 0 Å². The number of ether oxygens (including phenoxy) is 1. The van der Waals surface area contributed by atoms with E-state index in [0.29, 0.717) is 25.2 Å². The smallest absolute Gasteiger partial charge is 0.191 e. The fourth-order valence-corrected chi connectivity index (χ4v) is 3.10. The molecule has 0 heterocycles. The third-order valence-electron chi connectivity index (χ3n) is 4.38. The van der Waals surface area contributed by atoms with Crippen LogP contribution < -0.4 is 10.6 Å². The molecule has 0 aliphatic rings. The molecule has 26 heavy (non-hydrogen) atoms. The van der Waals surface area contributed by atoms with Gasteiger partial charge >= 0.3 is 0 Å². The number of methoxy groups -OCH3 is 1. The van der Waals surface area contributed by atoms with Gasteiger partial charge in [-0.15, -0.1) is 0 Å². The molecule has 0 radical (unpaired) electrons. The van der Waals surface area contributed by atoms with Gasteiger partial charge in [0, 0.05) is 38.8 Å². The predicted molar refractivity (Wildman–Crippen MR) is 112 cm³/mol. The summed E-state index contributed by atoms with van der Waals surface area (Å²) in [5.41, 5.74) is 2.40. The van der Waals surface area contributed by atoms with Gasteiger partial charge in [0.1, 0.15) is 0 Å². The minimum Gasteiger partial charge on any atom is -0.380 e. The maximum Gasteiger partial charge on any atom is 0.191 e. The van der Waals surface area contributed by atoms with Gasteiger partial charge < -0.3 is 15.4 Å². The molecule has 148 valence electrons. The van der Waals surface area contributed by atoms with Crippen molar-refractivity contribution in [3.05, 3.63) is 35.4 Å². The molecule has 1 aromatic rings. The summed E-state index contributed by atoms with van der Waals surface area (Å²) >= 11 is 0. The normalized spacial score (nSPS) is 12.3. The molecule has 0 aliphatic heterocycles. The summed E-state index contributed by atoms with van der Waals surface area (Å²) in [5.74, 6) is 0.875. The summed E-state index contributed by atoms with van der Waals surface area (Å²) in [4.78, 5) is 7.26. The van der Waals surface area contributed by atoms with E-state index in [2.05, 4.69) is 68.4 Å². The summed E-state index contributed by atoms with van der Waals surface area (Å²) in [5, 5.41) is 6.79. The van der Waals surface area contributed by atoms with Gasteiger partial charge in [-0.25, -0.2) is 4.99 Å². The average Bonchev–Trinajstić information content (AvgIpc) is 2.60. The Labute approximate surface area is 160 Å². The number of aliphatic imine (C=N–C) groups is 1. The first-order chi connectivity index (χ1) is 12.5. The monoisotopic (exact) mass is 362 g/mol. The Balaban J connectivity index is 2.56. The summed E-state index contributed by atoms with van der Waals surface area (Å²) in [6, 6.07) is 9.46. The van der Waals surface area contributed by atoms with Gasteiger partial charge in [-0.05, 0) is 52.2 Å². The fourth-order valence-electron chi connectivity index (χ4n) is 3.10. The van der Waals surface area contributed by atoms with Crippen molar-refractivity contribution in [2.45, 2.75) is 66.3 Å². The zero-order chi connectivity index (χ0) is 19.4. The topological polar surface area (TPSA) is 48.9 Å². The predicted octanol–water partition coefficient (Wildman–Crippen LogP) is 3.40. The van der Waals surface area contributed by atoms with E-state index in [4.69, 9.17) is 9.73 Å². The van der Waals surface area contributed by atoms with Gasteiger partial charge in [0.15, 0.2) is 5.96 Å². The molecule has 0 unspecified atom stereocenters. The van der Waals surface area contributed by atoms with Crippen LogP contribution in [0.25, 0.3) is 0 Å².